The van der Waals surface area contributed by atoms with Crippen LogP contribution >= 0.6 is 39.1 Å². The van der Waals surface area contributed by atoms with E-state index in [2.05, 4.69) is 22.9 Å². The standard InChI is InChI=1S/C13H15BrCl2O/c1-8-4-10(7-17-8)11(14)5-9-2-3-12(15)13(16)6-9/h2-3,6,8,10-11H,4-5,7H2,1H3. The van der Waals surface area contributed by atoms with Crippen molar-refractivity contribution in [1.82, 2.24) is 0 Å². The van der Waals surface area contributed by atoms with Crippen LogP contribution in [-0.4, -0.2) is 17.5 Å². The van der Waals surface area contributed by atoms with Gasteiger partial charge in [0, 0.05) is 4.83 Å². The number of hydrogen-bond acceptors (Lipinski definition) is 1. The molecule has 94 valence electrons. The summed E-state index contributed by atoms with van der Waals surface area (Å²) < 4.78 is 5.59. The van der Waals surface area contributed by atoms with Crippen molar-refractivity contribution >= 4 is 39.1 Å². The molecule has 17 heavy (non-hydrogen) atoms. The molecule has 1 saturated heterocycles. The Morgan fingerprint density at radius 3 is 2.76 bits per heavy atom. The average Bonchev–Trinajstić information content (AvgIpc) is 2.70. The van der Waals surface area contributed by atoms with Gasteiger partial charge in [-0.2, -0.15) is 0 Å². The van der Waals surface area contributed by atoms with Crippen molar-refractivity contribution in [2.45, 2.75) is 30.7 Å². The quantitative estimate of drug-likeness (QED) is 0.725. The van der Waals surface area contributed by atoms with Gasteiger partial charge in [-0.3, -0.25) is 0 Å². The summed E-state index contributed by atoms with van der Waals surface area (Å²) in [5.41, 5.74) is 1.21. The normalized spacial score (nSPS) is 26.1. The summed E-state index contributed by atoms with van der Waals surface area (Å²) in [6.07, 6.45) is 2.46. The fraction of sp³-hybridized carbons (Fsp3) is 0.538. The van der Waals surface area contributed by atoms with Crippen molar-refractivity contribution in [2.75, 3.05) is 6.61 Å². The highest BCUT2D eigenvalue weighted by Gasteiger charge is 2.28. The van der Waals surface area contributed by atoms with Crippen molar-refractivity contribution in [3.8, 4) is 0 Å². The summed E-state index contributed by atoms with van der Waals surface area (Å²) in [6.45, 7) is 2.97. The molecule has 0 aliphatic carbocycles. The van der Waals surface area contributed by atoms with E-state index in [1.54, 1.807) is 0 Å². The van der Waals surface area contributed by atoms with Crippen LogP contribution in [0.15, 0.2) is 18.2 Å². The lowest BCUT2D eigenvalue weighted by molar-refractivity contribution is 0.120. The van der Waals surface area contributed by atoms with Gasteiger partial charge in [-0.05, 0) is 43.4 Å². The smallest absolute Gasteiger partial charge is 0.0595 e. The Hall–Kier alpha value is 0.240. The Bertz CT molecular complexity index is 397. The fourth-order valence-corrected chi connectivity index (χ4v) is 3.22. The summed E-state index contributed by atoms with van der Waals surface area (Å²) in [4.78, 5) is 0.435. The zero-order valence-electron chi connectivity index (χ0n) is 9.63. The number of halogens is 3. The fourth-order valence-electron chi connectivity index (χ4n) is 2.16. The topological polar surface area (TPSA) is 9.23 Å². The molecule has 0 amide bonds. The first-order valence-electron chi connectivity index (χ1n) is 5.76. The molecule has 1 nitrogen and oxygen atoms in total. The van der Waals surface area contributed by atoms with E-state index in [-0.39, 0.29) is 0 Å². The predicted octanol–water partition coefficient (Wildman–Crippen LogP) is 4.72. The highest BCUT2D eigenvalue weighted by molar-refractivity contribution is 9.09. The van der Waals surface area contributed by atoms with Gasteiger partial charge in [0.1, 0.15) is 0 Å². The molecule has 0 aromatic heterocycles. The van der Waals surface area contributed by atoms with Gasteiger partial charge in [-0.25, -0.2) is 0 Å². The lowest BCUT2D eigenvalue weighted by Gasteiger charge is -2.16. The molecule has 1 heterocycles. The lowest BCUT2D eigenvalue weighted by atomic mass is 9.97. The van der Waals surface area contributed by atoms with Gasteiger partial charge in [0.05, 0.1) is 22.8 Å². The van der Waals surface area contributed by atoms with E-state index in [1.807, 2.05) is 18.2 Å². The molecule has 0 spiro atoms. The second kappa shape index (κ2) is 5.92. The minimum atomic E-state index is 0.383. The van der Waals surface area contributed by atoms with Crippen molar-refractivity contribution in [3.63, 3.8) is 0 Å². The second-order valence-corrected chi connectivity index (χ2v) is 6.60. The van der Waals surface area contributed by atoms with Crippen LogP contribution in [0.25, 0.3) is 0 Å². The van der Waals surface area contributed by atoms with Crippen LogP contribution in [0, 0.1) is 5.92 Å². The van der Waals surface area contributed by atoms with Crippen molar-refractivity contribution in [3.05, 3.63) is 33.8 Å². The second-order valence-electron chi connectivity index (χ2n) is 4.61. The van der Waals surface area contributed by atoms with Gasteiger partial charge in [0.15, 0.2) is 0 Å². The van der Waals surface area contributed by atoms with Gasteiger partial charge in [-0.15, -0.1) is 0 Å². The monoisotopic (exact) mass is 336 g/mol. The molecule has 3 atom stereocenters. The van der Waals surface area contributed by atoms with Crippen LogP contribution in [-0.2, 0) is 11.2 Å². The molecule has 1 aromatic carbocycles. The molecule has 1 aliphatic heterocycles. The molecule has 1 aromatic rings. The molecule has 0 bridgehead atoms. The first-order valence-corrected chi connectivity index (χ1v) is 7.43. The van der Waals surface area contributed by atoms with Crippen LogP contribution in [0.4, 0.5) is 0 Å². The van der Waals surface area contributed by atoms with E-state index in [0.717, 1.165) is 19.4 Å². The Morgan fingerprint density at radius 1 is 1.41 bits per heavy atom. The minimum Gasteiger partial charge on any atom is -0.378 e. The molecular weight excluding hydrogens is 323 g/mol. The number of ether oxygens (including phenoxy) is 1. The third kappa shape index (κ3) is 3.60. The van der Waals surface area contributed by atoms with Crippen LogP contribution in [0.5, 0.6) is 0 Å². The first kappa shape index (κ1) is 13.7. The van der Waals surface area contributed by atoms with Crippen molar-refractivity contribution in [1.29, 1.82) is 0 Å². The molecule has 1 aliphatic rings. The van der Waals surface area contributed by atoms with Gasteiger partial charge in [-0.1, -0.05) is 45.2 Å². The third-order valence-electron chi connectivity index (χ3n) is 3.16. The number of benzene rings is 1. The van der Waals surface area contributed by atoms with E-state index < -0.39 is 0 Å². The predicted molar refractivity (Wildman–Crippen MR) is 76.4 cm³/mol. The first-order chi connectivity index (χ1) is 8.06. The SMILES string of the molecule is CC1CC(C(Br)Cc2ccc(Cl)c(Cl)c2)CO1. The molecule has 2 rings (SSSR count). The zero-order chi connectivity index (χ0) is 12.4. The summed E-state index contributed by atoms with van der Waals surface area (Å²) in [7, 11) is 0. The maximum absolute atomic E-state index is 6.01. The lowest BCUT2D eigenvalue weighted by Crippen LogP contribution is -2.17. The maximum Gasteiger partial charge on any atom is 0.0595 e. The molecular formula is C13H15BrCl2O. The van der Waals surface area contributed by atoms with Crippen LogP contribution in [0.3, 0.4) is 0 Å². The van der Waals surface area contributed by atoms with Gasteiger partial charge >= 0.3 is 0 Å². The Labute approximate surface area is 121 Å². The van der Waals surface area contributed by atoms with E-state index in [9.17, 15) is 0 Å². The van der Waals surface area contributed by atoms with Crippen molar-refractivity contribution in [2.24, 2.45) is 5.92 Å². The average molecular weight is 338 g/mol. The summed E-state index contributed by atoms with van der Waals surface area (Å²) >= 11 is 15.7. The van der Waals surface area contributed by atoms with E-state index in [1.165, 1.54) is 5.56 Å². The van der Waals surface area contributed by atoms with Crippen LogP contribution in [0.2, 0.25) is 10.0 Å². The van der Waals surface area contributed by atoms with Crippen molar-refractivity contribution < 1.29 is 4.74 Å². The summed E-state index contributed by atoms with van der Waals surface area (Å²) in [5.74, 6) is 0.583. The van der Waals surface area contributed by atoms with Crippen LogP contribution in [0.1, 0.15) is 18.9 Å². The maximum atomic E-state index is 6.01. The highest BCUT2D eigenvalue weighted by atomic mass is 79.9. The van der Waals surface area contributed by atoms with Crippen LogP contribution < -0.4 is 0 Å². The number of rotatable bonds is 3. The zero-order valence-corrected chi connectivity index (χ0v) is 12.7. The Balaban J connectivity index is 1.98. The molecule has 0 radical (unpaired) electrons. The number of hydrogen-bond donors (Lipinski definition) is 0. The Morgan fingerprint density at radius 2 is 2.18 bits per heavy atom. The minimum absolute atomic E-state index is 0.383. The van der Waals surface area contributed by atoms with Gasteiger partial charge < -0.3 is 4.74 Å². The molecule has 0 saturated carbocycles. The molecule has 3 unspecified atom stereocenters. The van der Waals surface area contributed by atoms with Gasteiger partial charge in [0.2, 0.25) is 0 Å². The van der Waals surface area contributed by atoms with E-state index in [4.69, 9.17) is 27.9 Å². The molecule has 1 fully saturated rings. The highest BCUT2D eigenvalue weighted by Crippen LogP contribution is 2.30. The van der Waals surface area contributed by atoms with E-state index >= 15 is 0 Å². The largest absolute Gasteiger partial charge is 0.378 e. The number of alkyl halides is 1. The molecule has 4 heteroatoms. The summed E-state index contributed by atoms with van der Waals surface area (Å²) in [6, 6.07) is 5.83. The molecule has 0 N–H and O–H groups in total. The Kier molecular flexibility index (Phi) is 4.76. The van der Waals surface area contributed by atoms with E-state index in [0.29, 0.717) is 26.9 Å². The van der Waals surface area contributed by atoms with Gasteiger partial charge in [0.25, 0.3) is 0 Å². The summed E-state index contributed by atoms with van der Waals surface area (Å²) in [5, 5.41) is 1.24. The third-order valence-corrected chi connectivity index (χ3v) is 4.97.